The molecule has 0 aliphatic carbocycles. The summed E-state index contributed by atoms with van der Waals surface area (Å²) in [4.78, 5) is 4.97. The third kappa shape index (κ3) is 4.35. The molecule has 0 bridgehead atoms. The highest BCUT2D eigenvalue weighted by molar-refractivity contribution is 6.31. The van der Waals surface area contributed by atoms with E-state index in [0.717, 1.165) is 31.2 Å². The molecule has 0 radical (unpaired) electrons. The second-order valence-electron chi connectivity index (χ2n) is 5.93. The van der Waals surface area contributed by atoms with E-state index in [1.54, 1.807) is 0 Å². The number of likely N-dealkylation sites (N-methyl/N-ethyl adjacent to an activating group) is 1. The number of nitrogens with zero attached hydrogens (tertiary/aromatic N) is 2. The molecule has 1 atom stereocenters. The molecule has 1 aromatic carbocycles. The predicted molar refractivity (Wildman–Crippen MR) is 92.4 cm³/mol. The summed E-state index contributed by atoms with van der Waals surface area (Å²) < 4.78 is 0. The maximum Gasteiger partial charge on any atom is 0.0471 e. The lowest BCUT2D eigenvalue weighted by Gasteiger charge is -2.32. The zero-order valence-corrected chi connectivity index (χ0v) is 14.3. The Labute approximate surface area is 134 Å². The lowest BCUT2D eigenvalue weighted by atomic mass is 10.1. The molecule has 0 aromatic heterocycles. The van der Waals surface area contributed by atoms with E-state index in [0.29, 0.717) is 6.04 Å². The van der Waals surface area contributed by atoms with Crippen molar-refractivity contribution in [2.24, 2.45) is 0 Å². The zero-order chi connectivity index (χ0) is 15.2. The molecule has 3 nitrogen and oxygen atoms in total. The molecule has 1 aliphatic rings. The fraction of sp³-hybridized carbons (Fsp3) is 0.647. The highest BCUT2D eigenvalue weighted by atomic mass is 35.5. The van der Waals surface area contributed by atoms with Gasteiger partial charge in [0.05, 0.1) is 0 Å². The monoisotopic (exact) mass is 309 g/mol. The first-order valence-corrected chi connectivity index (χ1v) is 8.47. The van der Waals surface area contributed by atoms with Gasteiger partial charge in [-0.1, -0.05) is 31.5 Å². The smallest absolute Gasteiger partial charge is 0.0471 e. The quantitative estimate of drug-likeness (QED) is 0.899. The number of anilines is 1. The summed E-state index contributed by atoms with van der Waals surface area (Å²) in [6, 6.07) is 7.12. The summed E-state index contributed by atoms with van der Waals surface area (Å²) in [5.74, 6) is 0. The Morgan fingerprint density at radius 1 is 1.29 bits per heavy atom. The van der Waals surface area contributed by atoms with Crippen LogP contribution in [0.1, 0.15) is 32.3 Å². The van der Waals surface area contributed by atoms with Crippen LogP contribution in [0.5, 0.6) is 0 Å². The molecule has 0 saturated carbocycles. The number of halogens is 1. The van der Waals surface area contributed by atoms with Gasteiger partial charge in [-0.3, -0.25) is 0 Å². The molecule has 1 aliphatic heterocycles. The molecule has 0 amide bonds. The molecule has 118 valence electrons. The summed E-state index contributed by atoms with van der Waals surface area (Å²) in [5, 5.41) is 4.21. The van der Waals surface area contributed by atoms with E-state index in [2.05, 4.69) is 54.2 Å². The number of rotatable bonds is 5. The molecule has 21 heavy (non-hydrogen) atoms. The molecule has 1 heterocycles. The van der Waals surface area contributed by atoms with Crippen LogP contribution in [0.4, 0.5) is 5.69 Å². The Hall–Kier alpha value is -0.770. The van der Waals surface area contributed by atoms with Gasteiger partial charge in [-0.05, 0) is 50.7 Å². The van der Waals surface area contributed by atoms with Crippen molar-refractivity contribution >= 4 is 17.3 Å². The largest absolute Gasteiger partial charge is 0.367 e. The van der Waals surface area contributed by atoms with Gasteiger partial charge in [0.15, 0.2) is 0 Å². The molecule has 1 N–H and O–H groups in total. The van der Waals surface area contributed by atoms with Crippen molar-refractivity contribution in [3.05, 3.63) is 28.8 Å². The van der Waals surface area contributed by atoms with E-state index in [4.69, 9.17) is 11.6 Å². The summed E-state index contributed by atoms with van der Waals surface area (Å²) in [7, 11) is 2.22. The Kier molecular flexibility index (Phi) is 6.34. The average molecular weight is 310 g/mol. The molecule has 1 aromatic rings. The summed E-state index contributed by atoms with van der Waals surface area (Å²) in [6.07, 6.45) is 2.38. The van der Waals surface area contributed by atoms with Gasteiger partial charge in [0.2, 0.25) is 0 Å². The lowest BCUT2D eigenvalue weighted by molar-refractivity contribution is 0.328. The Morgan fingerprint density at radius 2 is 2.10 bits per heavy atom. The molecule has 1 unspecified atom stereocenters. The van der Waals surface area contributed by atoms with Gasteiger partial charge >= 0.3 is 0 Å². The van der Waals surface area contributed by atoms with Crippen molar-refractivity contribution in [1.29, 1.82) is 0 Å². The van der Waals surface area contributed by atoms with Crippen LogP contribution >= 0.6 is 11.6 Å². The van der Waals surface area contributed by atoms with Gasteiger partial charge in [0.1, 0.15) is 0 Å². The molecule has 0 spiro atoms. The first-order valence-electron chi connectivity index (χ1n) is 8.10. The molecule has 2 rings (SSSR count). The third-order valence-electron chi connectivity index (χ3n) is 4.31. The van der Waals surface area contributed by atoms with E-state index in [1.807, 2.05) is 0 Å². The zero-order valence-electron chi connectivity index (χ0n) is 13.5. The second-order valence-corrected chi connectivity index (χ2v) is 6.33. The third-order valence-corrected chi connectivity index (χ3v) is 4.66. The number of benzene rings is 1. The number of hydrogen-bond donors (Lipinski definition) is 1. The molecule has 1 fully saturated rings. The van der Waals surface area contributed by atoms with E-state index < -0.39 is 0 Å². The van der Waals surface area contributed by atoms with Gasteiger partial charge in [0.25, 0.3) is 0 Å². The normalized spacial score (nSPS) is 20.6. The SMILES string of the molecule is CCNCc1ccc(N2CCCN(C)CC2CC)cc1Cl. The topological polar surface area (TPSA) is 18.5 Å². The van der Waals surface area contributed by atoms with E-state index >= 15 is 0 Å². The molecular formula is C17H28ClN3. The van der Waals surface area contributed by atoms with Crippen LogP contribution in [-0.4, -0.2) is 44.2 Å². The Morgan fingerprint density at radius 3 is 2.76 bits per heavy atom. The van der Waals surface area contributed by atoms with Crippen LogP contribution in [0, 0.1) is 0 Å². The number of nitrogens with one attached hydrogen (secondary N) is 1. The minimum atomic E-state index is 0.577. The van der Waals surface area contributed by atoms with Crippen molar-refractivity contribution in [3.8, 4) is 0 Å². The van der Waals surface area contributed by atoms with Gasteiger partial charge in [0, 0.05) is 36.4 Å². The molecular weight excluding hydrogens is 282 g/mol. The minimum Gasteiger partial charge on any atom is -0.367 e. The summed E-state index contributed by atoms with van der Waals surface area (Å²) >= 11 is 6.47. The van der Waals surface area contributed by atoms with Crippen LogP contribution in [-0.2, 0) is 6.54 Å². The van der Waals surface area contributed by atoms with Crippen LogP contribution in [0.2, 0.25) is 5.02 Å². The highest BCUT2D eigenvalue weighted by Gasteiger charge is 2.22. The van der Waals surface area contributed by atoms with Crippen molar-refractivity contribution in [2.75, 3.05) is 38.1 Å². The average Bonchev–Trinajstić information content (AvgIpc) is 2.67. The van der Waals surface area contributed by atoms with Gasteiger partial charge in [-0.25, -0.2) is 0 Å². The van der Waals surface area contributed by atoms with Crippen LogP contribution in [0.15, 0.2) is 18.2 Å². The van der Waals surface area contributed by atoms with Crippen LogP contribution in [0.3, 0.4) is 0 Å². The van der Waals surface area contributed by atoms with E-state index in [-0.39, 0.29) is 0 Å². The fourth-order valence-corrected chi connectivity index (χ4v) is 3.29. The first-order chi connectivity index (χ1) is 10.2. The predicted octanol–water partition coefficient (Wildman–Crippen LogP) is 3.37. The van der Waals surface area contributed by atoms with Crippen LogP contribution < -0.4 is 10.2 Å². The van der Waals surface area contributed by atoms with E-state index in [1.165, 1.54) is 30.6 Å². The minimum absolute atomic E-state index is 0.577. The maximum absolute atomic E-state index is 6.47. The number of hydrogen-bond acceptors (Lipinski definition) is 3. The molecule has 1 saturated heterocycles. The second kappa shape index (κ2) is 8.02. The van der Waals surface area contributed by atoms with Gasteiger partial charge < -0.3 is 15.1 Å². The maximum atomic E-state index is 6.47. The standard InChI is InChI=1S/C17H28ClN3/c1-4-15-13-20(3)9-6-10-21(15)16-8-7-14(12-19-5-2)17(18)11-16/h7-8,11,15,19H,4-6,9-10,12-13H2,1-3H3. The van der Waals surface area contributed by atoms with Crippen molar-refractivity contribution < 1.29 is 0 Å². The van der Waals surface area contributed by atoms with Crippen molar-refractivity contribution in [2.45, 2.75) is 39.3 Å². The molecule has 4 heteroatoms. The van der Waals surface area contributed by atoms with Crippen LogP contribution in [0.25, 0.3) is 0 Å². The highest BCUT2D eigenvalue weighted by Crippen LogP contribution is 2.27. The summed E-state index contributed by atoms with van der Waals surface area (Å²) in [5.41, 5.74) is 2.45. The fourth-order valence-electron chi connectivity index (χ4n) is 3.05. The van der Waals surface area contributed by atoms with Gasteiger partial charge in [-0.15, -0.1) is 0 Å². The lowest BCUT2D eigenvalue weighted by Crippen LogP contribution is -2.39. The first kappa shape index (κ1) is 16.6. The van der Waals surface area contributed by atoms with Crippen molar-refractivity contribution in [1.82, 2.24) is 10.2 Å². The Bertz CT molecular complexity index is 450. The van der Waals surface area contributed by atoms with E-state index in [9.17, 15) is 0 Å². The summed E-state index contributed by atoms with van der Waals surface area (Å²) in [6.45, 7) is 9.63. The van der Waals surface area contributed by atoms with Gasteiger partial charge in [-0.2, -0.15) is 0 Å². The van der Waals surface area contributed by atoms with Crippen molar-refractivity contribution in [3.63, 3.8) is 0 Å². The Balaban J connectivity index is 2.17.